The molecule has 0 spiro atoms. The van der Waals surface area contributed by atoms with Gasteiger partial charge in [0.15, 0.2) is 5.78 Å². The molecule has 28 heavy (non-hydrogen) atoms. The van der Waals surface area contributed by atoms with Crippen molar-refractivity contribution in [2.24, 2.45) is 0 Å². The normalized spacial score (nSPS) is 14.5. The van der Waals surface area contributed by atoms with Gasteiger partial charge in [-0.25, -0.2) is 16.8 Å². The van der Waals surface area contributed by atoms with E-state index in [1.807, 2.05) is 0 Å². The zero-order valence-corrected chi connectivity index (χ0v) is 17.0. The Balaban J connectivity index is 2.15. The van der Waals surface area contributed by atoms with Crippen molar-refractivity contribution in [1.29, 1.82) is 0 Å². The van der Waals surface area contributed by atoms with Crippen molar-refractivity contribution in [2.75, 3.05) is 28.4 Å². The molecule has 1 aliphatic heterocycles. The Bertz CT molecular complexity index is 1130. The van der Waals surface area contributed by atoms with Gasteiger partial charge in [-0.1, -0.05) is 12.1 Å². The van der Waals surface area contributed by atoms with Gasteiger partial charge >= 0.3 is 0 Å². The van der Waals surface area contributed by atoms with Gasteiger partial charge in [-0.3, -0.25) is 13.8 Å². The second-order valence-electron chi connectivity index (χ2n) is 6.14. The first kappa shape index (κ1) is 20.2. The molecule has 0 amide bonds. The van der Waals surface area contributed by atoms with Gasteiger partial charge < -0.3 is 4.74 Å². The Kier molecular flexibility index (Phi) is 5.35. The number of fused-ring (bicyclic) bond motifs is 1. The van der Waals surface area contributed by atoms with Gasteiger partial charge in [-0.05, 0) is 31.2 Å². The van der Waals surface area contributed by atoms with E-state index in [9.17, 15) is 21.6 Å². The van der Waals surface area contributed by atoms with E-state index < -0.39 is 20.0 Å². The number of rotatable bonds is 6. The molecule has 0 radical (unpaired) electrons. The molecule has 2 aromatic rings. The molecule has 150 valence electrons. The number of methoxy groups -OCH3 is 1. The van der Waals surface area contributed by atoms with Crippen LogP contribution >= 0.6 is 0 Å². The number of Topliss-reactive ketones (excluding diaryl/α,β-unsaturated/α-hetero) is 1. The van der Waals surface area contributed by atoms with Gasteiger partial charge in [0.25, 0.3) is 10.0 Å². The van der Waals surface area contributed by atoms with E-state index in [1.54, 1.807) is 24.3 Å². The first-order valence-electron chi connectivity index (χ1n) is 8.53. The highest BCUT2D eigenvalue weighted by Crippen LogP contribution is 2.35. The van der Waals surface area contributed by atoms with Crippen LogP contribution in [-0.4, -0.2) is 42.0 Å². The van der Waals surface area contributed by atoms with Crippen molar-refractivity contribution in [3.05, 3.63) is 48.0 Å². The van der Waals surface area contributed by atoms with E-state index >= 15 is 0 Å². The number of ketones is 1. The van der Waals surface area contributed by atoms with Gasteiger partial charge in [0, 0.05) is 24.6 Å². The third-order valence-electron chi connectivity index (χ3n) is 4.42. The van der Waals surface area contributed by atoms with Crippen LogP contribution in [0.5, 0.6) is 5.75 Å². The van der Waals surface area contributed by atoms with Crippen LogP contribution in [0.25, 0.3) is 0 Å². The molecule has 0 atom stereocenters. The Morgan fingerprint density at radius 2 is 1.82 bits per heavy atom. The minimum absolute atomic E-state index is 0.0236. The number of hydrogen-bond acceptors (Lipinski definition) is 6. The standard InChI is InChI=1S/C18H20N2O6S2/c1-3-27(22,23)19-15-12-13(26-2)8-9-18(15)28(24,25)20-11-10-17(21)14-6-4-5-7-16(14)20/h4-9,12,19H,3,10-11H2,1-2H3. The first-order valence-corrected chi connectivity index (χ1v) is 11.6. The summed E-state index contributed by atoms with van der Waals surface area (Å²) in [5, 5.41) is 0. The second-order valence-corrected chi connectivity index (χ2v) is 9.98. The van der Waals surface area contributed by atoms with E-state index in [1.165, 1.54) is 32.2 Å². The summed E-state index contributed by atoms with van der Waals surface area (Å²) in [5.41, 5.74) is 0.496. The van der Waals surface area contributed by atoms with Gasteiger partial charge in [-0.2, -0.15) is 0 Å². The molecule has 1 aliphatic rings. The molecule has 0 saturated carbocycles. The summed E-state index contributed by atoms with van der Waals surface area (Å²) < 4.78 is 59.4. The summed E-state index contributed by atoms with van der Waals surface area (Å²) in [5.74, 6) is -0.0456. The molecular weight excluding hydrogens is 404 g/mol. The summed E-state index contributed by atoms with van der Waals surface area (Å²) in [7, 11) is -6.46. The van der Waals surface area contributed by atoms with E-state index in [4.69, 9.17) is 4.74 Å². The maximum atomic E-state index is 13.4. The molecule has 8 nitrogen and oxygen atoms in total. The highest BCUT2D eigenvalue weighted by molar-refractivity contribution is 7.94. The van der Waals surface area contributed by atoms with E-state index in [-0.39, 0.29) is 40.8 Å². The topological polar surface area (TPSA) is 110 Å². The Hall–Kier alpha value is -2.59. The summed E-state index contributed by atoms with van der Waals surface area (Å²) in [6.07, 6.45) is 0.0441. The number of ether oxygens (including phenoxy) is 1. The van der Waals surface area contributed by atoms with Crippen LogP contribution in [-0.2, 0) is 20.0 Å². The quantitative estimate of drug-likeness (QED) is 0.762. The van der Waals surface area contributed by atoms with Crippen LogP contribution in [0.2, 0.25) is 0 Å². The third-order valence-corrected chi connectivity index (χ3v) is 7.58. The maximum Gasteiger partial charge on any atom is 0.266 e. The van der Waals surface area contributed by atoms with Crippen molar-refractivity contribution >= 4 is 37.2 Å². The number of nitrogens with zero attached hydrogens (tertiary/aromatic N) is 1. The smallest absolute Gasteiger partial charge is 0.266 e. The van der Waals surface area contributed by atoms with Crippen molar-refractivity contribution < 1.29 is 26.4 Å². The lowest BCUT2D eigenvalue weighted by Gasteiger charge is -2.30. The molecule has 0 unspecified atom stereocenters. The monoisotopic (exact) mass is 424 g/mol. The molecule has 3 rings (SSSR count). The SMILES string of the molecule is CCS(=O)(=O)Nc1cc(OC)ccc1S(=O)(=O)N1CCC(=O)c2ccccc21. The van der Waals surface area contributed by atoms with Crippen molar-refractivity contribution in [3.63, 3.8) is 0 Å². The van der Waals surface area contributed by atoms with Crippen LogP contribution in [0, 0.1) is 0 Å². The summed E-state index contributed by atoms with van der Waals surface area (Å²) >= 11 is 0. The zero-order chi connectivity index (χ0) is 20.5. The molecule has 1 heterocycles. The molecule has 2 aromatic carbocycles. The molecule has 10 heteroatoms. The number of para-hydroxylation sites is 1. The number of carbonyl (C=O) groups is 1. The number of benzene rings is 2. The van der Waals surface area contributed by atoms with Gasteiger partial charge in [0.2, 0.25) is 10.0 Å². The Morgan fingerprint density at radius 3 is 2.50 bits per heavy atom. The predicted octanol–water partition coefficient (Wildman–Crippen LogP) is 2.24. The molecule has 0 fully saturated rings. The molecule has 1 N–H and O–H groups in total. The summed E-state index contributed by atoms with van der Waals surface area (Å²) in [4.78, 5) is 11.9. The van der Waals surface area contributed by atoms with Crippen LogP contribution in [0.15, 0.2) is 47.4 Å². The number of anilines is 2. The Labute approximate surface area is 164 Å². The minimum atomic E-state index is -4.14. The third kappa shape index (κ3) is 3.69. The molecule has 0 aliphatic carbocycles. The summed E-state index contributed by atoms with van der Waals surface area (Å²) in [6, 6.07) is 10.5. The average Bonchev–Trinajstić information content (AvgIpc) is 2.67. The summed E-state index contributed by atoms with van der Waals surface area (Å²) in [6.45, 7) is 1.42. The highest BCUT2D eigenvalue weighted by Gasteiger charge is 2.34. The fourth-order valence-electron chi connectivity index (χ4n) is 2.93. The molecule has 0 bridgehead atoms. The van der Waals surface area contributed by atoms with Crippen molar-refractivity contribution in [2.45, 2.75) is 18.2 Å². The predicted molar refractivity (Wildman–Crippen MR) is 106 cm³/mol. The lowest BCUT2D eigenvalue weighted by atomic mass is 10.0. The van der Waals surface area contributed by atoms with Crippen molar-refractivity contribution in [1.82, 2.24) is 0 Å². The van der Waals surface area contributed by atoms with E-state index in [0.717, 1.165) is 4.31 Å². The van der Waals surface area contributed by atoms with Crippen LogP contribution in [0.1, 0.15) is 23.7 Å². The molecule has 0 aromatic heterocycles. The Morgan fingerprint density at radius 1 is 1.11 bits per heavy atom. The zero-order valence-electron chi connectivity index (χ0n) is 15.4. The highest BCUT2D eigenvalue weighted by atomic mass is 32.2. The molecule has 0 saturated heterocycles. The number of nitrogens with one attached hydrogen (secondary N) is 1. The van der Waals surface area contributed by atoms with E-state index in [2.05, 4.69) is 4.72 Å². The van der Waals surface area contributed by atoms with Gasteiger partial charge in [-0.15, -0.1) is 0 Å². The largest absolute Gasteiger partial charge is 0.497 e. The maximum absolute atomic E-state index is 13.4. The first-order chi connectivity index (χ1) is 13.2. The van der Waals surface area contributed by atoms with E-state index in [0.29, 0.717) is 11.3 Å². The lowest BCUT2D eigenvalue weighted by Crippen LogP contribution is -2.37. The number of sulfonamides is 2. The fraction of sp³-hybridized carbons (Fsp3) is 0.278. The lowest BCUT2D eigenvalue weighted by molar-refractivity contribution is 0.0982. The average molecular weight is 425 g/mol. The van der Waals surface area contributed by atoms with Gasteiger partial charge in [0.1, 0.15) is 10.6 Å². The van der Waals surface area contributed by atoms with Crippen LogP contribution in [0.3, 0.4) is 0 Å². The second kappa shape index (κ2) is 7.44. The number of hydrogen-bond donors (Lipinski definition) is 1. The molecular formula is C18H20N2O6S2. The minimum Gasteiger partial charge on any atom is -0.497 e. The fourth-order valence-corrected chi connectivity index (χ4v) is 5.26. The van der Waals surface area contributed by atoms with Gasteiger partial charge in [0.05, 0.1) is 24.2 Å². The van der Waals surface area contributed by atoms with Crippen molar-refractivity contribution in [3.8, 4) is 5.75 Å². The number of carbonyl (C=O) groups excluding carboxylic acids is 1. The van der Waals surface area contributed by atoms with Crippen LogP contribution < -0.4 is 13.8 Å². The van der Waals surface area contributed by atoms with Crippen LogP contribution in [0.4, 0.5) is 11.4 Å².